The Hall–Kier alpha value is -2.73. The van der Waals surface area contributed by atoms with Crippen molar-refractivity contribution in [3.05, 3.63) is 63.5 Å². The van der Waals surface area contributed by atoms with Crippen LogP contribution in [0.4, 0.5) is 0 Å². The third-order valence-electron chi connectivity index (χ3n) is 4.52. The van der Waals surface area contributed by atoms with E-state index in [1.807, 2.05) is 32.0 Å². The third-order valence-corrected chi connectivity index (χ3v) is 5.11. The molecule has 138 valence electrons. The lowest BCUT2D eigenvalue weighted by Crippen LogP contribution is -2.04. The van der Waals surface area contributed by atoms with Crippen LogP contribution in [0.5, 0.6) is 5.75 Å². The molecule has 0 fully saturated rings. The topological polar surface area (TPSA) is 72.8 Å². The molecule has 0 amide bonds. The fraction of sp³-hybridized carbons (Fsp3) is 0.190. The van der Waals surface area contributed by atoms with Crippen molar-refractivity contribution < 1.29 is 23.5 Å². The summed E-state index contributed by atoms with van der Waals surface area (Å²) in [6.45, 7) is 4.08. The first kappa shape index (κ1) is 17.7. The van der Waals surface area contributed by atoms with Gasteiger partial charge >= 0.3 is 5.97 Å². The molecule has 5 nitrogen and oxygen atoms in total. The predicted molar refractivity (Wildman–Crippen MR) is 105 cm³/mol. The Labute approximate surface area is 163 Å². The van der Waals surface area contributed by atoms with Crippen LogP contribution in [0.2, 0.25) is 0 Å². The average molecular weight is 429 g/mol. The molecule has 27 heavy (non-hydrogen) atoms. The summed E-state index contributed by atoms with van der Waals surface area (Å²) >= 11 is 3.57. The average Bonchev–Trinajstić information content (AvgIpc) is 3.14. The Bertz CT molecular complexity index is 1170. The van der Waals surface area contributed by atoms with Crippen LogP contribution >= 0.6 is 15.9 Å². The Balaban J connectivity index is 1.73. The zero-order chi connectivity index (χ0) is 19.1. The van der Waals surface area contributed by atoms with E-state index in [9.17, 15) is 4.79 Å². The Morgan fingerprint density at radius 1 is 1.11 bits per heavy atom. The number of hydrogen-bond acceptors (Lipinski definition) is 4. The van der Waals surface area contributed by atoms with Gasteiger partial charge in [-0.3, -0.25) is 4.79 Å². The summed E-state index contributed by atoms with van der Waals surface area (Å²) in [7, 11) is 0. The van der Waals surface area contributed by atoms with Crippen LogP contribution in [0.3, 0.4) is 0 Å². The number of benzene rings is 2. The molecule has 6 heteroatoms. The second-order valence-electron chi connectivity index (χ2n) is 6.44. The number of aliphatic carboxylic acids is 1. The molecule has 0 saturated carbocycles. The van der Waals surface area contributed by atoms with Crippen LogP contribution < -0.4 is 4.74 Å². The number of carboxylic acid groups (broad SMARTS) is 1. The molecule has 0 spiro atoms. The van der Waals surface area contributed by atoms with Crippen molar-refractivity contribution in [3.8, 4) is 5.75 Å². The summed E-state index contributed by atoms with van der Waals surface area (Å²) in [5, 5.41) is 10.9. The van der Waals surface area contributed by atoms with Crippen LogP contribution in [0, 0.1) is 13.8 Å². The van der Waals surface area contributed by atoms with E-state index < -0.39 is 5.97 Å². The van der Waals surface area contributed by atoms with Crippen molar-refractivity contribution >= 4 is 43.8 Å². The number of fused-ring (bicyclic) bond motifs is 3. The monoisotopic (exact) mass is 428 g/mol. The maximum Gasteiger partial charge on any atom is 0.307 e. The first-order valence-corrected chi connectivity index (χ1v) is 9.26. The van der Waals surface area contributed by atoms with Gasteiger partial charge in [0.05, 0.1) is 16.3 Å². The first-order valence-electron chi connectivity index (χ1n) is 8.47. The van der Waals surface area contributed by atoms with Crippen molar-refractivity contribution in [1.82, 2.24) is 0 Å². The molecule has 0 atom stereocenters. The van der Waals surface area contributed by atoms with Crippen LogP contribution in [0.1, 0.15) is 22.6 Å². The summed E-state index contributed by atoms with van der Waals surface area (Å²) in [4.78, 5) is 11.1. The first-order chi connectivity index (χ1) is 12.9. The molecule has 0 aliphatic carbocycles. The molecular weight excluding hydrogens is 412 g/mol. The molecule has 4 aromatic rings. The number of para-hydroxylation sites is 1. The van der Waals surface area contributed by atoms with Gasteiger partial charge in [0.15, 0.2) is 5.58 Å². The van der Waals surface area contributed by atoms with E-state index in [1.54, 1.807) is 18.2 Å². The zero-order valence-electron chi connectivity index (χ0n) is 14.8. The zero-order valence-corrected chi connectivity index (χ0v) is 16.4. The Kier molecular flexibility index (Phi) is 4.44. The predicted octanol–water partition coefficient (Wildman–Crippen LogP) is 5.76. The second kappa shape index (κ2) is 6.78. The van der Waals surface area contributed by atoms with Crippen LogP contribution in [-0.4, -0.2) is 11.1 Å². The minimum atomic E-state index is -0.891. The molecule has 0 aliphatic heterocycles. The second-order valence-corrected chi connectivity index (χ2v) is 7.29. The highest BCUT2D eigenvalue weighted by atomic mass is 79.9. The normalized spacial score (nSPS) is 11.4. The summed E-state index contributed by atoms with van der Waals surface area (Å²) in [6, 6.07) is 11.1. The Morgan fingerprint density at radius 3 is 2.67 bits per heavy atom. The largest absolute Gasteiger partial charge is 0.488 e. The molecule has 0 unspecified atom stereocenters. The smallest absolute Gasteiger partial charge is 0.307 e. The van der Waals surface area contributed by atoms with Gasteiger partial charge < -0.3 is 18.7 Å². The maximum atomic E-state index is 11.1. The Morgan fingerprint density at radius 2 is 1.89 bits per heavy atom. The van der Waals surface area contributed by atoms with E-state index in [4.69, 9.17) is 18.7 Å². The summed E-state index contributed by atoms with van der Waals surface area (Å²) in [5.41, 5.74) is 3.09. The lowest BCUT2D eigenvalue weighted by Gasteiger charge is -2.10. The van der Waals surface area contributed by atoms with Gasteiger partial charge in [-0.25, -0.2) is 0 Å². The van der Waals surface area contributed by atoms with Gasteiger partial charge in [0.25, 0.3) is 0 Å². The number of carbonyl (C=O) groups is 1. The fourth-order valence-corrected chi connectivity index (χ4v) is 3.81. The van der Waals surface area contributed by atoms with Crippen molar-refractivity contribution in [2.45, 2.75) is 26.9 Å². The van der Waals surface area contributed by atoms with Crippen LogP contribution in [0.15, 0.2) is 49.7 Å². The minimum absolute atomic E-state index is 0.0816. The molecule has 1 N–H and O–H groups in total. The van der Waals surface area contributed by atoms with Gasteiger partial charge in [0.2, 0.25) is 0 Å². The van der Waals surface area contributed by atoms with Crippen molar-refractivity contribution in [2.24, 2.45) is 0 Å². The standard InChI is InChI=1S/C21H17BrO5/c1-11-7-15-20-14(9-17(22)21(15)26-11)16(12(2)27-20)10-25-18-6-4-3-5-13(18)8-19(23)24/h3-7,9H,8,10H2,1-2H3,(H,23,24). The van der Waals surface area contributed by atoms with Gasteiger partial charge in [-0.05, 0) is 48.0 Å². The van der Waals surface area contributed by atoms with E-state index >= 15 is 0 Å². The molecule has 2 aromatic heterocycles. The highest BCUT2D eigenvalue weighted by Crippen LogP contribution is 2.38. The highest BCUT2D eigenvalue weighted by molar-refractivity contribution is 9.10. The fourth-order valence-electron chi connectivity index (χ4n) is 3.28. The molecule has 0 bridgehead atoms. The number of ether oxygens (including phenoxy) is 1. The summed E-state index contributed by atoms with van der Waals surface area (Å²) in [6.07, 6.45) is -0.0816. The number of halogens is 1. The summed E-state index contributed by atoms with van der Waals surface area (Å²) in [5.74, 6) is 1.25. The molecule has 4 rings (SSSR count). The number of furan rings is 2. The molecule has 2 heterocycles. The molecule has 0 saturated heterocycles. The van der Waals surface area contributed by atoms with E-state index in [2.05, 4.69) is 15.9 Å². The van der Waals surface area contributed by atoms with Gasteiger partial charge in [-0.15, -0.1) is 0 Å². The SMILES string of the molecule is Cc1cc2c(o1)c(Br)cc1c(COc3ccccc3CC(=O)O)c(C)oc12. The van der Waals surface area contributed by atoms with E-state index in [-0.39, 0.29) is 13.0 Å². The van der Waals surface area contributed by atoms with Crippen LogP contribution in [0.25, 0.3) is 21.9 Å². The minimum Gasteiger partial charge on any atom is -0.488 e. The van der Waals surface area contributed by atoms with Crippen LogP contribution in [-0.2, 0) is 17.8 Å². The van der Waals surface area contributed by atoms with Crippen molar-refractivity contribution in [3.63, 3.8) is 0 Å². The van der Waals surface area contributed by atoms with E-state index in [1.165, 1.54) is 0 Å². The summed E-state index contributed by atoms with van der Waals surface area (Å²) < 4.78 is 18.6. The van der Waals surface area contributed by atoms with Gasteiger partial charge in [-0.1, -0.05) is 18.2 Å². The number of aryl methyl sites for hydroxylation is 2. The van der Waals surface area contributed by atoms with E-state index in [0.29, 0.717) is 11.3 Å². The highest BCUT2D eigenvalue weighted by Gasteiger charge is 2.19. The third kappa shape index (κ3) is 3.21. The molecule has 0 aliphatic rings. The van der Waals surface area contributed by atoms with Crippen molar-refractivity contribution in [1.29, 1.82) is 0 Å². The number of rotatable bonds is 5. The molecular formula is C21H17BrO5. The lowest BCUT2D eigenvalue weighted by molar-refractivity contribution is -0.136. The van der Waals surface area contributed by atoms with Crippen molar-refractivity contribution in [2.75, 3.05) is 0 Å². The molecule has 0 radical (unpaired) electrons. The van der Waals surface area contributed by atoms with E-state index in [0.717, 1.165) is 43.5 Å². The quantitative estimate of drug-likeness (QED) is 0.437. The maximum absolute atomic E-state index is 11.1. The van der Waals surface area contributed by atoms with Gasteiger partial charge in [0, 0.05) is 16.5 Å². The molecule has 2 aromatic carbocycles. The van der Waals surface area contributed by atoms with Gasteiger partial charge in [-0.2, -0.15) is 0 Å². The number of carboxylic acids is 1. The lowest BCUT2D eigenvalue weighted by atomic mass is 10.1. The van der Waals surface area contributed by atoms with Gasteiger partial charge in [0.1, 0.15) is 29.5 Å². The number of hydrogen-bond donors (Lipinski definition) is 1.